The summed E-state index contributed by atoms with van der Waals surface area (Å²) in [6.07, 6.45) is 4.00. The molecule has 2 rings (SSSR count). The van der Waals surface area contributed by atoms with Crippen molar-refractivity contribution < 1.29 is 19.1 Å². The van der Waals surface area contributed by atoms with Crippen LogP contribution in [0.25, 0.3) is 0 Å². The van der Waals surface area contributed by atoms with Crippen molar-refractivity contribution >= 4 is 11.9 Å². The highest BCUT2D eigenvalue weighted by Crippen LogP contribution is 2.22. The molecule has 1 unspecified atom stereocenters. The van der Waals surface area contributed by atoms with Crippen LogP contribution in [0.15, 0.2) is 18.2 Å². The minimum absolute atomic E-state index is 0.00277. The minimum Gasteiger partial charge on any atom is -0.497 e. The van der Waals surface area contributed by atoms with Gasteiger partial charge in [0.1, 0.15) is 11.5 Å². The number of nitrogens with one attached hydrogen (secondary N) is 2. The lowest BCUT2D eigenvalue weighted by Gasteiger charge is -2.33. The number of ether oxygens (including phenoxy) is 2. The number of carbonyl (C=O) groups excluding carboxylic acids is 2. The first-order chi connectivity index (χ1) is 13.1. The van der Waals surface area contributed by atoms with E-state index >= 15 is 0 Å². The fourth-order valence-electron chi connectivity index (χ4n) is 3.18. The van der Waals surface area contributed by atoms with E-state index in [9.17, 15) is 9.59 Å². The highest BCUT2D eigenvalue weighted by molar-refractivity contribution is 5.95. The molecule has 7 nitrogen and oxygen atoms in total. The van der Waals surface area contributed by atoms with Crippen LogP contribution in [0.2, 0.25) is 0 Å². The Morgan fingerprint density at radius 1 is 1.15 bits per heavy atom. The van der Waals surface area contributed by atoms with Crippen LogP contribution in [-0.4, -0.2) is 57.2 Å². The van der Waals surface area contributed by atoms with Gasteiger partial charge in [-0.3, -0.25) is 4.79 Å². The van der Waals surface area contributed by atoms with Crippen LogP contribution in [0, 0.1) is 5.92 Å². The number of urea groups is 1. The summed E-state index contributed by atoms with van der Waals surface area (Å²) in [4.78, 5) is 26.6. The minimum atomic E-state index is -0.170. The summed E-state index contributed by atoms with van der Waals surface area (Å²) < 4.78 is 10.4. The first-order valence-corrected chi connectivity index (χ1v) is 9.61. The zero-order valence-electron chi connectivity index (χ0n) is 16.5. The third-order valence-corrected chi connectivity index (χ3v) is 4.78. The summed E-state index contributed by atoms with van der Waals surface area (Å²) >= 11 is 0. The number of carbonyl (C=O) groups is 2. The van der Waals surface area contributed by atoms with E-state index in [0.717, 1.165) is 32.2 Å². The van der Waals surface area contributed by atoms with E-state index in [2.05, 4.69) is 17.6 Å². The zero-order valence-corrected chi connectivity index (χ0v) is 16.5. The van der Waals surface area contributed by atoms with Gasteiger partial charge < -0.3 is 25.0 Å². The summed E-state index contributed by atoms with van der Waals surface area (Å²) in [5.74, 6) is 1.24. The maximum Gasteiger partial charge on any atom is 0.317 e. The van der Waals surface area contributed by atoms with Gasteiger partial charge in [0.05, 0.1) is 14.2 Å². The SMILES string of the molecule is CCCCNC(=O)N1CCCC(CNC(=O)c2cc(OC)cc(OC)c2)C1. The Hall–Kier alpha value is -2.44. The van der Waals surface area contributed by atoms with E-state index in [1.165, 1.54) is 0 Å². The van der Waals surface area contributed by atoms with Crippen LogP contribution < -0.4 is 20.1 Å². The Labute approximate surface area is 161 Å². The van der Waals surface area contributed by atoms with Crippen molar-refractivity contribution in [3.05, 3.63) is 23.8 Å². The van der Waals surface area contributed by atoms with Gasteiger partial charge in [-0.05, 0) is 37.3 Å². The number of unbranched alkanes of at least 4 members (excludes halogenated alkanes) is 1. The Morgan fingerprint density at radius 3 is 2.48 bits per heavy atom. The van der Waals surface area contributed by atoms with Crippen LogP contribution in [0.4, 0.5) is 4.79 Å². The van der Waals surface area contributed by atoms with Gasteiger partial charge >= 0.3 is 6.03 Å². The standard InChI is InChI=1S/C20H31N3O4/c1-4-5-8-21-20(25)23-9-6-7-15(14-23)13-22-19(24)16-10-17(26-2)12-18(11-16)27-3/h10-12,15H,4-9,13-14H2,1-3H3,(H,21,25)(H,22,24). The van der Waals surface area contributed by atoms with Gasteiger partial charge in [-0.1, -0.05) is 13.3 Å². The van der Waals surface area contributed by atoms with E-state index in [0.29, 0.717) is 36.7 Å². The van der Waals surface area contributed by atoms with Crippen LogP contribution in [-0.2, 0) is 0 Å². The maximum atomic E-state index is 12.5. The third-order valence-electron chi connectivity index (χ3n) is 4.78. The summed E-state index contributed by atoms with van der Waals surface area (Å²) in [5, 5.41) is 5.94. The van der Waals surface area contributed by atoms with Crippen LogP contribution in [0.1, 0.15) is 43.0 Å². The highest BCUT2D eigenvalue weighted by Gasteiger charge is 2.24. The molecule has 0 aliphatic carbocycles. The van der Waals surface area contributed by atoms with Gasteiger partial charge in [0.15, 0.2) is 0 Å². The molecule has 2 N–H and O–H groups in total. The van der Waals surface area contributed by atoms with Gasteiger partial charge in [0.25, 0.3) is 5.91 Å². The lowest BCUT2D eigenvalue weighted by atomic mass is 9.98. The zero-order chi connectivity index (χ0) is 19.6. The molecule has 1 aromatic rings. The molecule has 1 saturated heterocycles. The first-order valence-electron chi connectivity index (χ1n) is 9.61. The monoisotopic (exact) mass is 377 g/mol. The van der Waals surface area contributed by atoms with E-state index in [-0.39, 0.29) is 17.9 Å². The number of benzene rings is 1. The molecule has 0 spiro atoms. The topological polar surface area (TPSA) is 79.9 Å². The molecule has 0 radical (unpaired) electrons. The fourth-order valence-corrected chi connectivity index (χ4v) is 3.18. The maximum absolute atomic E-state index is 12.5. The van der Waals surface area contributed by atoms with Gasteiger partial charge in [-0.15, -0.1) is 0 Å². The molecule has 7 heteroatoms. The molecule has 0 saturated carbocycles. The Balaban J connectivity index is 1.86. The van der Waals surface area contributed by atoms with Crippen molar-refractivity contribution in [2.45, 2.75) is 32.6 Å². The number of hydrogen-bond acceptors (Lipinski definition) is 4. The molecule has 0 aromatic heterocycles. The molecular formula is C20H31N3O4. The third kappa shape index (κ3) is 6.34. The largest absolute Gasteiger partial charge is 0.497 e. The average Bonchev–Trinajstić information content (AvgIpc) is 2.71. The summed E-state index contributed by atoms with van der Waals surface area (Å²) in [6.45, 7) is 4.79. The second-order valence-electron chi connectivity index (χ2n) is 6.85. The first kappa shape index (κ1) is 20.9. The normalized spacial score (nSPS) is 16.6. The Morgan fingerprint density at radius 2 is 1.85 bits per heavy atom. The quantitative estimate of drug-likeness (QED) is 0.683. The molecular weight excluding hydrogens is 346 g/mol. The summed E-state index contributed by atoms with van der Waals surface area (Å²) in [6, 6.07) is 5.10. The molecule has 27 heavy (non-hydrogen) atoms. The second-order valence-corrected chi connectivity index (χ2v) is 6.85. The predicted molar refractivity (Wildman–Crippen MR) is 104 cm³/mol. The molecule has 0 bridgehead atoms. The number of piperidine rings is 1. The van der Waals surface area contributed by atoms with E-state index < -0.39 is 0 Å². The van der Waals surface area contributed by atoms with Crippen molar-refractivity contribution in [1.82, 2.24) is 15.5 Å². The summed E-state index contributed by atoms with van der Waals surface area (Å²) in [7, 11) is 3.11. The van der Waals surface area contributed by atoms with Gasteiger partial charge in [0, 0.05) is 37.8 Å². The number of rotatable bonds is 8. The number of likely N-dealkylation sites (tertiary alicyclic amines) is 1. The van der Waals surface area contributed by atoms with Gasteiger partial charge in [-0.25, -0.2) is 4.79 Å². The number of nitrogens with zero attached hydrogens (tertiary/aromatic N) is 1. The van der Waals surface area contributed by atoms with Crippen molar-refractivity contribution in [3.8, 4) is 11.5 Å². The van der Waals surface area contributed by atoms with Crippen molar-refractivity contribution in [2.24, 2.45) is 5.92 Å². The van der Waals surface area contributed by atoms with Crippen molar-refractivity contribution in [1.29, 1.82) is 0 Å². The number of amides is 3. The number of hydrogen-bond donors (Lipinski definition) is 2. The molecule has 1 heterocycles. The van der Waals surface area contributed by atoms with E-state index in [1.807, 2.05) is 4.90 Å². The molecule has 1 aliphatic heterocycles. The van der Waals surface area contributed by atoms with Gasteiger partial charge in [0.2, 0.25) is 0 Å². The van der Waals surface area contributed by atoms with Crippen molar-refractivity contribution in [3.63, 3.8) is 0 Å². The van der Waals surface area contributed by atoms with Crippen LogP contribution in [0.3, 0.4) is 0 Å². The lowest BCUT2D eigenvalue weighted by molar-refractivity contribution is 0.0937. The van der Waals surface area contributed by atoms with Crippen LogP contribution >= 0.6 is 0 Å². The van der Waals surface area contributed by atoms with Crippen molar-refractivity contribution in [2.75, 3.05) is 40.4 Å². The van der Waals surface area contributed by atoms with Crippen LogP contribution in [0.5, 0.6) is 11.5 Å². The highest BCUT2D eigenvalue weighted by atomic mass is 16.5. The van der Waals surface area contributed by atoms with Gasteiger partial charge in [-0.2, -0.15) is 0 Å². The average molecular weight is 377 g/mol. The molecule has 150 valence electrons. The second kappa shape index (κ2) is 10.6. The molecule has 1 aliphatic rings. The Kier molecular flexibility index (Phi) is 8.23. The molecule has 1 atom stereocenters. The predicted octanol–water partition coefficient (Wildman–Crippen LogP) is 2.66. The summed E-state index contributed by atoms with van der Waals surface area (Å²) in [5.41, 5.74) is 0.496. The lowest BCUT2D eigenvalue weighted by Crippen LogP contribution is -2.47. The molecule has 1 aromatic carbocycles. The van der Waals surface area contributed by atoms with E-state index in [1.54, 1.807) is 32.4 Å². The molecule has 1 fully saturated rings. The fraction of sp³-hybridized carbons (Fsp3) is 0.600. The number of methoxy groups -OCH3 is 2. The smallest absolute Gasteiger partial charge is 0.317 e. The Bertz CT molecular complexity index is 613. The molecule has 3 amide bonds. The van der Waals surface area contributed by atoms with E-state index in [4.69, 9.17) is 9.47 Å².